The fourth-order valence-electron chi connectivity index (χ4n) is 2.25. The molecule has 2 heterocycles. The first-order valence-corrected chi connectivity index (χ1v) is 8.62. The number of nitrogens with zero attached hydrogens (tertiary/aromatic N) is 2. The van der Waals surface area contributed by atoms with E-state index in [1.54, 1.807) is 13.0 Å². The number of benzene rings is 1. The van der Waals surface area contributed by atoms with Gasteiger partial charge in [-0.05, 0) is 25.1 Å². The Hall–Kier alpha value is -1.64. The minimum atomic E-state index is -4.42. The van der Waals surface area contributed by atoms with Crippen molar-refractivity contribution in [2.75, 3.05) is 6.61 Å². The average molecular weight is 435 g/mol. The third-order valence-electron chi connectivity index (χ3n) is 3.50. The second kappa shape index (κ2) is 8.37. The molecule has 1 aromatic carbocycles. The van der Waals surface area contributed by atoms with Crippen LogP contribution in [0, 0.1) is 6.92 Å². The van der Waals surface area contributed by atoms with Gasteiger partial charge in [0.2, 0.25) is 0 Å². The van der Waals surface area contributed by atoms with E-state index in [2.05, 4.69) is 15.0 Å². The van der Waals surface area contributed by atoms with Crippen LogP contribution < -0.4 is 4.74 Å². The van der Waals surface area contributed by atoms with Crippen LogP contribution in [0.15, 0.2) is 41.7 Å². The van der Waals surface area contributed by atoms with Gasteiger partial charge in [-0.3, -0.25) is 9.97 Å². The molecule has 1 atom stereocenters. The van der Waals surface area contributed by atoms with Crippen molar-refractivity contribution < 1.29 is 41.9 Å². The van der Waals surface area contributed by atoms with Crippen molar-refractivity contribution in [3.05, 3.63) is 47.8 Å². The molecule has 2 aromatic heterocycles. The van der Waals surface area contributed by atoms with E-state index in [4.69, 9.17) is 4.74 Å². The van der Waals surface area contributed by atoms with Crippen LogP contribution in [0.1, 0.15) is 11.3 Å². The molecular formula is C16H14F3N3O2SZn. The largest absolute Gasteiger partial charge is 0.609 e. The second-order valence-electron chi connectivity index (χ2n) is 5.33. The van der Waals surface area contributed by atoms with Crippen molar-refractivity contribution >= 4 is 22.2 Å². The molecule has 5 nitrogen and oxygen atoms in total. The van der Waals surface area contributed by atoms with Crippen LogP contribution >= 0.6 is 0 Å². The summed E-state index contributed by atoms with van der Waals surface area (Å²) in [6, 6.07) is 8.62. The fraction of sp³-hybridized carbons (Fsp3) is 0.250. The summed E-state index contributed by atoms with van der Waals surface area (Å²) >= 11 is -1.51. The van der Waals surface area contributed by atoms with Crippen LogP contribution in [0.4, 0.5) is 13.2 Å². The van der Waals surface area contributed by atoms with E-state index in [9.17, 15) is 17.7 Å². The minimum absolute atomic E-state index is 0. The van der Waals surface area contributed by atoms with Crippen molar-refractivity contribution in [2.24, 2.45) is 0 Å². The Bertz CT molecular complexity index is 856. The summed E-state index contributed by atoms with van der Waals surface area (Å²) in [6.07, 6.45) is -3.09. The maximum absolute atomic E-state index is 12.5. The molecule has 0 bridgehead atoms. The molecule has 1 unspecified atom stereocenters. The number of H-pyrrole nitrogens is 1. The van der Waals surface area contributed by atoms with Gasteiger partial charge >= 0.3 is 11.3 Å². The summed E-state index contributed by atoms with van der Waals surface area (Å²) in [5.74, 6) is 0.0958. The Morgan fingerprint density at radius 3 is 2.65 bits per heavy atom. The van der Waals surface area contributed by atoms with Gasteiger partial charge in [0.1, 0.15) is 5.75 Å². The summed E-state index contributed by atoms with van der Waals surface area (Å²) in [6.45, 7) is 0.202. The number of para-hydroxylation sites is 2. The standard InChI is InChI=1S/C16H14F3N3O2S.Zn/c1-10-13(20-7-6-14(10)24-9-16(17,18)19)8-25(23)15-21-11-4-2-3-5-12(11)22-15;/h2-7H,8-9H2,1H3,(H,21,22);. The summed E-state index contributed by atoms with van der Waals surface area (Å²) in [5.41, 5.74) is 2.28. The second-order valence-corrected chi connectivity index (χ2v) is 6.70. The molecule has 0 aliphatic heterocycles. The Morgan fingerprint density at radius 1 is 1.23 bits per heavy atom. The summed E-state index contributed by atoms with van der Waals surface area (Å²) in [5, 5.41) is 0.295. The SMILES string of the molecule is Cc1c(OCC(F)(F)F)ccnc1C[S+]([O-])c1nc2ccccc2[nH]1.[Zn]. The molecule has 0 amide bonds. The number of rotatable bonds is 5. The number of nitrogens with one attached hydrogen (secondary N) is 1. The number of fused-ring (bicyclic) bond motifs is 1. The molecular weight excluding hydrogens is 421 g/mol. The molecule has 10 heteroatoms. The fourth-order valence-corrected chi connectivity index (χ4v) is 3.35. The molecule has 0 spiro atoms. The number of hydrogen-bond donors (Lipinski definition) is 1. The molecule has 0 aliphatic rings. The number of imidazole rings is 1. The van der Waals surface area contributed by atoms with Crippen LogP contribution in [0.5, 0.6) is 5.75 Å². The van der Waals surface area contributed by atoms with Crippen LogP contribution in [-0.2, 0) is 36.4 Å². The molecule has 1 N–H and O–H groups in total. The van der Waals surface area contributed by atoms with E-state index in [1.165, 1.54) is 12.3 Å². The van der Waals surface area contributed by atoms with Crippen molar-refractivity contribution in [1.29, 1.82) is 0 Å². The van der Waals surface area contributed by atoms with Gasteiger partial charge in [0.05, 0.1) is 16.7 Å². The van der Waals surface area contributed by atoms with Gasteiger partial charge < -0.3 is 9.29 Å². The zero-order chi connectivity index (χ0) is 18.0. The van der Waals surface area contributed by atoms with Crippen LogP contribution in [0.2, 0.25) is 0 Å². The summed E-state index contributed by atoms with van der Waals surface area (Å²) < 4.78 is 54.2. The van der Waals surface area contributed by atoms with E-state index in [0.717, 1.165) is 5.52 Å². The van der Waals surface area contributed by atoms with E-state index in [1.807, 2.05) is 18.2 Å². The third-order valence-corrected chi connectivity index (χ3v) is 4.66. The van der Waals surface area contributed by atoms with Gasteiger partial charge in [-0.1, -0.05) is 12.1 Å². The molecule has 0 radical (unpaired) electrons. The molecule has 0 saturated heterocycles. The Morgan fingerprint density at radius 2 is 1.96 bits per heavy atom. The molecule has 3 rings (SSSR count). The van der Waals surface area contributed by atoms with E-state index in [0.29, 0.717) is 21.9 Å². The van der Waals surface area contributed by atoms with E-state index in [-0.39, 0.29) is 31.0 Å². The molecule has 0 aliphatic carbocycles. The monoisotopic (exact) mass is 433 g/mol. The first-order chi connectivity index (χ1) is 11.8. The molecule has 3 aromatic rings. The number of alkyl halides is 3. The topological polar surface area (TPSA) is 73.9 Å². The van der Waals surface area contributed by atoms with Gasteiger partial charge in [-0.15, -0.1) is 0 Å². The van der Waals surface area contributed by atoms with Crippen molar-refractivity contribution in [1.82, 2.24) is 15.0 Å². The van der Waals surface area contributed by atoms with Crippen molar-refractivity contribution in [2.45, 2.75) is 24.0 Å². The first-order valence-electron chi connectivity index (χ1n) is 7.30. The predicted molar refractivity (Wildman–Crippen MR) is 86.7 cm³/mol. The smallest absolute Gasteiger partial charge is 0.422 e. The Balaban J connectivity index is 0.00000243. The molecule has 0 saturated carbocycles. The average Bonchev–Trinajstić information content (AvgIpc) is 2.99. The first kappa shape index (κ1) is 20.7. The maximum atomic E-state index is 12.5. The van der Waals surface area contributed by atoms with Gasteiger partial charge in [0.25, 0.3) is 0 Å². The molecule has 134 valence electrons. The Labute approximate surface area is 163 Å². The zero-order valence-corrected chi connectivity index (χ0v) is 17.6. The maximum Gasteiger partial charge on any atom is 0.422 e. The third kappa shape index (κ3) is 4.96. The van der Waals surface area contributed by atoms with E-state index >= 15 is 0 Å². The number of aromatic amines is 1. The normalized spacial score (nSPS) is 12.7. The number of halogens is 3. The Kier molecular flexibility index (Phi) is 6.65. The summed E-state index contributed by atoms with van der Waals surface area (Å²) in [7, 11) is 0. The summed E-state index contributed by atoms with van der Waals surface area (Å²) in [4.78, 5) is 11.3. The zero-order valence-electron chi connectivity index (χ0n) is 13.8. The predicted octanol–water partition coefficient (Wildman–Crippen LogP) is 3.51. The van der Waals surface area contributed by atoms with Gasteiger partial charge in [-0.2, -0.15) is 18.2 Å². The van der Waals surface area contributed by atoms with Gasteiger partial charge in [-0.25, -0.2) is 0 Å². The number of aromatic nitrogens is 3. The van der Waals surface area contributed by atoms with Gasteiger partial charge in [0.15, 0.2) is 12.4 Å². The van der Waals surface area contributed by atoms with Crippen molar-refractivity contribution in [3.63, 3.8) is 0 Å². The molecule has 26 heavy (non-hydrogen) atoms. The van der Waals surface area contributed by atoms with Crippen LogP contribution in [0.3, 0.4) is 0 Å². The quantitative estimate of drug-likeness (QED) is 0.492. The number of pyridine rings is 1. The van der Waals surface area contributed by atoms with Crippen LogP contribution in [0.25, 0.3) is 11.0 Å². The van der Waals surface area contributed by atoms with Crippen molar-refractivity contribution in [3.8, 4) is 5.75 Å². The molecule has 0 fully saturated rings. The number of hydrogen-bond acceptors (Lipinski definition) is 4. The number of ether oxygens (including phenoxy) is 1. The van der Waals surface area contributed by atoms with E-state index < -0.39 is 24.0 Å². The minimum Gasteiger partial charge on any atom is -0.609 e. The van der Waals surface area contributed by atoms with Crippen LogP contribution in [-0.4, -0.2) is 32.3 Å². The van der Waals surface area contributed by atoms with Gasteiger partial charge in [0, 0.05) is 42.4 Å².